The minimum absolute atomic E-state index is 0.140. The molecule has 22 heavy (non-hydrogen) atoms. The Morgan fingerprint density at radius 2 is 1.59 bits per heavy atom. The third-order valence-corrected chi connectivity index (χ3v) is 4.11. The minimum atomic E-state index is -4.93. The van der Waals surface area contributed by atoms with E-state index in [4.69, 9.17) is 11.6 Å². The maximum Gasteiger partial charge on any atom is 0.573 e. The summed E-state index contributed by atoms with van der Waals surface area (Å²) in [6.07, 6.45) is -4.93. The molecule has 1 N–H and O–H groups in total. The molecule has 118 valence electrons. The van der Waals surface area contributed by atoms with Crippen LogP contribution in [0.5, 0.6) is 5.75 Å². The standard InChI is InChI=1S/C13H9ClF3NO3S/c14-9-5-7-10(8-6-9)22(19,20)18-11-3-1-2-4-12(11)21-13(15,16)17/h1-8,18H. The zero-order chi connectivity index (χ0) is 16.4. The molecule has 0 aliphatic rings. The van der Waals surface area contributed by atoms with Crippen LogP contribution in [0.1, 0.15) is 0 Å². The first-order valence-electron chi connectivity index (χ1n) is 5.80. The lowest BCUT2D eigenvalue weighted by atomic mass is 10.3. The van der Waals surface area contributed by atoms with Crippen molar-refractivity contribution in [3.63, 3.8) is 0 Å². The number of para-hydroxylation sites is 2. The monoisotopic (exact) mass is 351 g/mol. The van der Waals surface area contributed by atoms with Gasteiger partial charge in [-0.15, -0.1) is 13.2 Å². The van der Waals surface area contributed by atoms with Crippen LogP contribution < -0.4 is 9.46 Å². The van der Waals surface area contributed by atoms with E-state index >= 15 is 0 Å². The zero-order valence-electron chi connectivity index (χ0n) is 10.8. The fourth-order valence-corrected chi connectivity index (χ4v) is 2.78. The third kappa shape index (κ3) is 4.28. The summed E-state index contributed by atoms with van der Waals surface area (Å²) in [5.74, 6) is -0.646. The molecule has 0 saturated carbocycles. The number of hydrogen-bond acceptors (Lipinski definition) is 3. The second-order valence-corrected chi connectivity index (χ2v) is 6.22. The number of ether oxygens (including phenoxy) is 1. The Labute approximate surface area is 129 Å². The van der Waals surface area contributed by atoms with E-state index in [-0.39, 0.29) is 10.6 Å². The van der Waals surface area contributed by atoms with Crippen LogP contribution in [0, 0.1) is 0 Å². The Morgan fingerprint density at radius 1 is 1.00 bits per heavy atom. The van der Waals surface area contributed by atoms with Gasteiger partial charge in [-0.3, -0.25) is 4.72 Å². The molecule has 0 saturated heterocycles. The van der Waals surface area contributed by atoms with Crippen LogP contribution in [-0.2, 0) is 10.0 Å². The number of sulfonamides is 1. The molecule has 0 unspecified atom stereocenters. The average Bonchev–Trinajstić information content (AvgIpc) is 2.39. The first-order chi connectivity index (χ1) is 10.2. The van der Waals surface area contributed by atoms with Gasteiger partial charge in [0.2, 0.25) is 0 Å². The molecule has 2 aromatic carbocycles. The van der Waals surface area contributed by atoms with E-state index in [0.29, 0.717) is 5.02 Å². The summed E-state index contributed by atoms with van der Waals surface area (Å²) in [7, 11) is -4.06. The average molecular weight is 352 g/mol. The maximum absolute atomic E-state index is 12.3. The highest BCUT2D eigenvalue weighted by molar-refractivity contribution is 7.92. The van der Waals surface area contributed by atoms with Crippen molar-refractivity contribution in [2.45, 2.75) is 11.3 Å². The highest BCUT2D eigenvalue weighted by atomic mass is 35.5. The fourth-order valence-electron chi connectivity index (χ4n) is 1.58. The molecule has 9 heteroatoms. The molecule has 0 bridgehead atoms. The molecule has 0 aliphatic carbocycles. The summed E-state index contributed by atoms with van der Waals surface area (Å²) in [5, 5.41) is 0.333. The quantitative estimate of drug-likeness (QED) is 0.904. The van der Waals surface area contributed by atoms with Gasteiger partial charge in [-0.1, -0.05) is 23.7 Å². The SMILES string of the molecule is O=S(=O)(Nc1ccccc1OC(F)(F)F)c1ccc(Cl)cc1. The van der Waals surface area contributed by atoms with E-state index in [0.717, 1.165) is 12.1 Å². The summed E-state index contributed by atoms with van der Waals surface area (Å²) in [6, 6.07) is 10.0. The summed E-state index contributed by atoms with van der Waals surface area (Å²) < 4.78 is 67.0. The number of anilines is 1. The lowest BCUT2D eigenvalue weighted by Crippen LogP contribution is -2.19. The highest BCUT2D eigenvalue weighted by Gasteiger charge is 2.32. The predicted molar refractivity (Wildman–Crippen MR) is 75.4 cm³/mol. The van der Waals surface area contributed by atoms with E-state index in [9.17, 15) is 21.6 Å². The molecule has 0 radical (unpaired) electrons. The maximum atomic E-state index is 12.3. The van der Waals surface area contributed by atoms with E-state index in [1.165, 1.54) is 36.4 Å². The molecule has 2 rings (SSSR count). The normalized spacial score (nSPS) is 12.0. The second kappa shape index (κ2) is 6.05. The highest BCUT2D eigenvalue weighted by Crippen LogP contribution is 2.31. The zero-order valence-corrected chi connectivity index (χ0v) is 12.3. The molecule has 0 aromatic heterocycles. The molecule has 0 aliphatic heterocycles. The largest absolute Gasteiger partial charge is 0.573 e. The Hall–Kier alpha value is -1.93. The van der Waals surface area contributed by atoms with Gasteiger partial charge in [-0.2, -0.15) is 0 Å². The van der Waals surface area contributed by atoms with E-state index in [2.05, 4.69) is 4.74 Å². The third-order valence-electron chi connectivity index (χ3n) is 2.48. The number of benzene rings is 2. The van der Waals surface area contributed by atoms with Gasteiger partial charge in [0.25, 0.3) is 10.0 Å². The predicted octanol–water partition coefficient (Wildman–Crippen LogP) is 4.04. The van der Waals surface area contributed by atoms with Crippen molar-refractivity contribution in [3.8, 4) is 5.75 Å². The van der Waals surface area contributed by atoms with Crippen LogP contribution in [0.15, 0.2) is 53.4 Å². The van der Waals surface area contributed by atoms with E-state index in [1.807, 2.05) is 4.72 Å². The first kappa shape index (κ1) is 16.4. The lowest BCUT2D eigenvalue weighted by molar-refractivity contribution is -0.274. The summed E-state index contributed by atoms with van der Waals surface area (Å²) in [4.78, 5) is -0.140. The van der Waals surface area contributed by atoms with Gasteiger partial charge in [-0.25, -0.2) is 8.42 Å². The van der Waals surface area contributed by atoms with Crippen molar-refractivity contribution in [2.75, 3.05) is 4.72 Å². The summed E-state index contributed by atoms with van der Waals surface area (Å²) in [6.45, 7) is 0. The number of alkyl halides is 3. The van der Waals surface area contributed by atoms with Crippen molar-refractivity contribution in [3.05, 3.63) is 53.6 Å². The van der Waals surface area contributed by atoms with Crippen LogP contribution >= 0.6 is 11.6 Å². The van der Waals surface area contributed by atoms with Crippen LogP contribution in [0.25, 0.3) is 0 Å². The Bertz CT molecular complexity index is 761. The topological polar surface area (TPSA) is 55.4 Å². The van der Waals surface area contributed by atoms with E-state index in [1.54, 1.807) is 0 Å². The summed E-state index contributed by atoms with van der Waals surface area (Å²) >= 11 is 5.66. The van der Waals surface area contributed by atoms with Crippen molar-refractivity contribution in [1.82, 2.24) is 0 Å². The number of nitrogens with one attached hydrogen (secondary N) is 1. The van der Waals surface area contributed by atoms with Gasteiger partial charge < -0.3 is 4.74 Å². The fraction of sp³-hybridized carbons (Fsp3) is 0.0769. The first-order valence-corrected chi connectivity index (χ1v) is 7.67. The van der Waals surface area contributed by atoms with Gasteiger partial charge in [0.15, 0.2) is 5.75 Å². The van der Waals surface area contributed by atoms with Crippen molar-refractivity contribution in [2.24, 2.45) is 0 Å². The van der Waals surface area contributed by atoms with Crippen LogP contribution in [0.4, 0.5) is 18.9 Å². The summed E-state index contributed by atoms with van der Waals surface area (Å²) in [5.41, 5.74) is -0.324. The number of rotatable bonds is 4. The van der Waals surface area contributed by atoms with Crippen molar-refractivity contribution >= 4 is 27.3 Å². The minimum Gasteiger partial charge on any atom is -0.404 e. The van der Waals surface area contributed by atoms with E-state index < -0.39 is 22.1 Å². The molecular weight excluding hydrogens is 343 g/mol. The molecule has 0 fully saturated rings. The van der Waals surface area contributed by atoms with Crippen LogP contribution in [0.3, 0.4) is 0 Å². The van der Waals surface area contributed by atoms with Crippen LogP contribution in [-0.4, -0.2) is 14.8 Å². The van der Waals surface area contributed by atoms with Gasteiger partial charge in [0, 0.05) is 5.02 Å². The molecule has 0 spiro atoms. The van der Waals surface area contributed by atoms with Crippen molar-refractivity contribution < 1.29 is 26.3 Å². The number of hydrogen-bond donors (Lipinski definition) is 1. The lowest BCUT2D eigenvalue weighted by Gasteiger charge is -2.14. The van der Waals surface area contributed by atoms with Crippen molar-refractivity contribution in [1.29, 1.82) is 0 Å². The van der Waals surface area contributed by atoms with Gasteiger partial charge in [0.05, 0.1) is 10.6 Å². The molecule has 0 amide bonds. The molecule has 0 heterocycles. The number of halogens is 4. The smallest absolute Gasteiger partial charge is 0.404 e. The Morgan fingerprint density at radius 3 is 2.18 bits per heavy atom. The Balaban J connectivity index is 2.32. The van der Waals surface area contributed by atoms with Crippen LogP contribution in [0.2, 0.25) is 5.02 Å². The Kier molecular flexibility index (Phi) is 4.52. The molecule has 4 nitrogen and oxygen atoms in total. The van der Waals surface area contributed by atoms with Gasteiger partial charge >= 0.3 is 6.36 Å². The molecule has 0 atom stereocenters. The molecule has 2 aromatic rings. The van der Waals surface area contributed by atoms with Gasteiger partial charge in [0.1, 0.15) is 0 Å². The molecular formula is C13H9ClF3NO3S. The van der Waals surface area contributed by atoms with Gasteiger partial charge in [-0.05, 0) is 36.4 Å². The second-order valence-electron chi connectivity index (χ2n) is 4.10.